The average Bonchev–Trinajstić information content (AvgIpc) is 2.64. The second-order valence-electron chi connectivity index (χ2n) is 6.83. The van der Waals surface area contributed by atoms with Crippen molar-refractivity contribution in [2.45, 2.75) is 19.4 Å². The average molecular weight is 337 g/mol. The van der Waals surface area contributed by atoms with Gasteiger partial charge in [0.05, 0.1) is 6.42 Å². The molecule has 1 aliphatic heterocycles. The Hall–Kier alpha value is -2.33. The maximum absolute atomic E-state index is 12.4. The van der Waals surface area contributed by atoms with Gasteiger partial charge in [-0.3, -0.25) is 4.79 Å². The largest absolute Gasteiger partial charge is 0.379 e. The Balaban J connectivity index is 1.54. The minimum absolute atomic E-state index is 0.228. The van der Waals surface area contributed by atoms with Crippen molar-refractivity contribution in [2.75, 3.05) is 38.5 Å². The number of anilines is 1. The van der Waals surface area contributed by atoms with Gasteiger partial charge in [0.1, 0.15) is 0 Å². The van der Waals surface area contributed by atoms with Crippen molar-refractivity contribution in [1.82, 2.24) is 9.80 Å². The second-order valence-corrected chi connectivity index (χ2v) is 6.83. The van der Waals surface area contributed by atoms with Crippen molar-refractivity contribution < 1.29 is 4.79 Å². The van der Waals surface area contributed by atoms with Crippen LogP contribution in [0.3, 0.4) is 0 Å². The van der Waals surface area contributed by atoms with E-state index in [2.05, 4.69) is 60.6 Å². The molecule has 0 saturated carbocycles. The molecule has 2 aromatic carbocycles. The smallest absolute Gasteiger partial charge is 0.227 e. The number of hydrogen-bond donors (Lipinski definition) is 1. The van der Waals surface area contributed by atoms with Crippen LogP contribution >= 0.6 is 0 Å². The van der Waals surface area contributed by atoms with E-state index < -0.39 is 0 Å². The van der Waals surface area contributed by atoms with E-state index in [1.165, 1.54) is 5.56 Å². The van der Waals surface area contributed by atoms with Gasteiger partial charge in [0.25, 0.3) is 0 Å². The first-order valence-corrected chi connectivity index (χ1v) is 8.98. The number of rotatable bonds is 5. The summed E-state index contributed by atoms with van der Waals surface area (Å²) in [6.45, 7) is 5.76. The van der Waals surface area contributed by atoms with Crippen LogP contribution in [0, 0.1) is 0 Å². The first-order chi connectivity index (χ1) is 12.1. The maximum atomic E-state index is 12.4. The molecule has 1 unspecified atom stereocenters. The molecule has 1 atom stereocenters. The SMILES string of the molecule is CC(Nc1ccc(CC(=O)N2CCN(C)CC2)cc1)c1ccccc1. The highest BCUT2D eigenvalue weighted by atomic mass is 16.2. The molecule has 0 aliphatic carbocycles. The van der Waals surface area contributed by atoms with E-state index in [4.69, 9.17) is 0 Å². The van der Waals surface area contributed by atoms with Crippen LogP contribution in [0.5, 0.6) is 0 Å². The summed E-state index contributed by atoms with van der Waals surface area (Å²) in [7, 11) is 2.10. The lowest BCUT2D eigenvalue weighted by Crippen LogP contribution is -2.47. The van der Waals surface area contributed by atoms with Crippen LogP contribution in [0.1, 0.15) is 24.1 Å². The summed E-state index contributed by atoms with van der Waals surface area (Å²) in [4.78, 5) is 16.7. The number of piperazine rings is 1. The normalized spacial score (nSPS) is 16.5. The van der Waals surface area contributed by atoms with Crippen LogP contribution in [0.15, 0.2) is 54.6 Å². The summed E-state index contributed by atoms with van der Waals surface area (Å²) in [6.07, 6.45) is 0.484. The zero-order valence-electron chi connectivity index (χ0n) is 15.1. The standard InChI is InChI=1S/C21H27N3O/c1-17(19-6-4-3-5-7-19)22-20-10-8-18(9-11-20)16-21(25)24-14-12-23(2)13-15-24/h3-11,17,22H,12-16H2,1-2H3. The van der Waals surface area contributed by atoms with Gasteiger partial charge in [-0.25, -0.2) is 0 Å². The van der Waals surface area contributed by atoms with Crippen LogP contribution in [-0.4, -0.2) is 48.9 Å². The van der Waals surface area contributed by atoms with E-state index in [0.29, 0.717) is 6.42 Å². The van der Waals surface area contributed by atoms with Crippen molar-refractivity contribution in [3.63, 3.8) is 0 Å². The minimum atomic E-state index is 0.228. The van der Waals surface area contributed by atoms with Crippen LogP contribution in [0.2, 0.25) is 0 Å². The highest BCUT2D eigenvalue weighted by molar-refractivity contribution is 5.79. The predicted octanol–water partition coefficient (Wildman–Crippen LogP) is 3.18. The third kappa shape index (κ3) is 4.83. The highest BCUT2D eigenvalue weighted by Gasteiger charge is 2.18. The van der Waals surface area contributed by atoms with Gasteiger partial charge in [0, 0.05) is 37.9 Å². The van der Waals surface area contributed by atoms with Crippen LogP contribution in [0.25, 0.3) is 0 Å². The monoisotopic (exact) mass is 337 g/mol. The molecule has 4 heteroatoms. The number of benzene rings is 2. The Bertz CT molecular complexity index is 676. The lowest BCUT2D eigenvalue weighted by molar-refractivity contribution is -0.132. The fourth-order valence-electron chi connectivity index (χ4n) is 3.14. The van der Waals surface area contributed by atoms with E-state index in [0.717, 1.165) is 37.4 Å². The molecular formula is C21H27N3O. The zero-order valence-corrected chi connectivity index (χ0v) is 15.1. The number of nitrogens with zero attached hydrogens (tertiary/aromatic N) is 2. The molecule has 1 amide bonds. The molecule has 1 saturated heterocycles. The van der Waals surface area contributed by atoms with Gasteiger partial charge in [0.15, 0.2) is 0 Å². The molecular weight excluding hydrogens is 310 g/mol. The lowest BCUT2D eigenvalue weighted by atomic mass is 10.1. The Morgan fingerprint density at radius 1 is 1.00 bits per heavy atom. The fourth-order valence-corrected chi connectivity index (χ4v) is 3.14. The third-order valence-corrected chi connectivity index (χ3v) is 4.85. The molecule has 1 N–H and O–H groups in total. The molecule has 25 heavy (non-hydrogen) atoms. The highest BCUT2D eigenvalue weighted by Crippen LogP contribution is 2.19. The summed E-state index contributed by atoms with van der Waals surface area (Å²) in [5.74, 6) is 0.228. The first-order valence-electron chi connectivity index (χ1n) is 8.98. The number of hydrogen-bond acceptors (Lipinski definition) is 3. The van der Waals surface area contributed by atoms with Crippen molar-refractivity contribution in [3.8, 4) is 0 Å². The maximum Gasteiger partial charge on any atom is 0.227 e. The molecule has 4 nitrogen and oxygen atoms in total. The number of amides is 1. The lowest BCUT2D eigenvalue weighted by Gasteiger charge is -2.32. The predicted molar refractivity (Wildman–Crippen MR) is 103 cm³/mol. The summed E-state index contributed by atoms with van der Waals surface area (Å²) in [6, 6.07) is 18.9. The van der Waals surface area contributed by atoms with Crippen molar-refractivity contribution in [3.05, 3.63) is 65.7 Å². The van der Waals surface area contributed by atoms with Crippen molar-refractivity contribution in [2.24, 2.45) is 0 Å². The molecule has 0 radical (unpaired) electrons. The van der Waals surface area contributed by atoms with Gasteiger partial charge in [-0.05, 0) is 37.2 Å². The molecule has 1 heterocycles. The summed E-state index contributed by atoms with van der Waals surface area (Å²) >= 11 is 0. The Morgan fingerprint density at radius 2 is 1.64 bits per heavy atom. The van der Waals surface area contributed by atoms with E-state index in [9.17, 15) is 4.79 Å². The molecule has 0 bridgehead atoms. The van der Waals surface area contributed by atoms with Gasteiger partial charge in [-0.2, -0.15) is 0 Å². The number of likely N-dealkylation sites (N-methyl/N-ethyl adjacent to an activating group) is 1. The summed E-state index contributed by atoms with van der Waals surface area (Å²) < 4.78 is 0. The van der Waals surface area contributed by atoms with Gasteiger partial charge in [0.2, 0.25) is 5.91 Å². The van der Waals surface area contributed by atoms with E-state index in [-0.39, 0.29) is 11.9 Å². The van der Waals surface area contributed by atoms with Crippen LogP contribution in [0.4, 0.5) is 5.69 Å². The number of nitrogens with one attached hydrogen (secondary N) is 1. The van der Waals surface area contributed by atoms with Crippen molar-refractivity contribution >= 4 is 11.6 Å². The molecule has 132 valence electrons. The van der Waals surface area contributed by atoms with E-state index in [1.54, 1.807) is 0 Å². The zero-order chi connectivity index (χ0) is 17.6. The second kappa shape index (κ2) is 8.17. The molecule has 1 fully saturated rings. The number of carbonyl (C=O) groups is 1. The van der Waals surface area contributed by atoms with Gasteiger partial charge < -0.3 is 15.1 Å². The minimum Gasteiger partial charge on any atom is -0.379 e. The molecule has 1 aliphatic rings. The molecule has 3 rings (SSSR count). The van der Waals surface area contributed by atoms with E-state index >= 15 is 0 Å². The van der Waals surface area contributed by atoms with Gasteiger partial charge in [-0.1, -0.05) is 42.5 Å². The third-order valence-electron chi connectivity index (χ3n) is 4.85. The van der Waals surface area contributed by atoms with Crippen LogP contribution < -0.4 is 5.32 Å². The number of carbonyl (C=O) groups excluding carboxylic acids is 1. The molecule has 0 aromatic heterocycles. The van der Waals surface area contributed by atoms with Gasteiger partial charge in [-0.15, -0.1) is 0 Å². The fraction of sp³-hybridized carbons (Fsp3) is 0.381. The van der Waals surface area contributed by atoms with Gasteiger partial charge >= 0.3 is 0 Å². The summed E-state index contributed by atoms with van der Waals surface area (Å²) in [5.41, 5.74) is 3.41. The van der Waals surface area contributed by atoms with E-state index in [1.807, 2.05) is 23.1 Å². The molecule has 2 aromatic rings. The molecule has 0 spiro atoms. The Kier molecular flexibility index (Phi) is 5.71. The summed E-state index contributed by atoms with van der Waals surface area (Å²) in [5, 5.41) is 3.51. The van der Waals surface area contributed by atoms with Crippen molar-refractivity contribution in [1.29, 1.82) is 0 Å². The topological polar surface area (TPSA) is 35.6 Å². The first kappa shape index (κ1) is 17.5. The Morgan fingerprint density at radius 3 is 2.28 bits per heavy atom. The van der Waals surface area contributed by atoms with Crippen LogP contribution in [-0.2, 0) is 11.2 Å². The quantitative estimate of drug-likeness (QED) is 0.910. The Labute approximate surface area is 150 Å².